The van der Waals surface area contributed by atoms with Crippen LogP contribution in [0.15, 0.2) is 23.1 Å². The molecule has 0 unspecified atom stereocenters. The van der Waals surface area contributed by atoms with Crippen LogP contribution in [0.2, 0.25) is 5.02 Å². The molecule has 1 aliphatic carbocycles. The summed E-state index contributed by atoms with van der Waals surface area (Å²) in [5.74, 6) is -0.536. The third-order valence-corrected chi connectivity index (χ3v) is 6.26. The zero-order valence-corrected chi connectivity index (χ0v) is 15.0. The molecule has 1 N–H and O–H groups in total. The van der Waals surface area contributed by atoms with Gasteiger partial charge in [-0.05, 0) is 37.5 Å². The van der Waals surface area contributed by atoms with E-state index < -0.39 is 21.5 Å². The number of aryl methyl sites for hydroxylation is 1. The fourth-order valence-electron chi connectivity index (χ4n) is 3.01. The minimum atomic E-state index is -3.92. The highest BCUT2D eigenvalue weighted by atomic mass is 35.5. The van der Waals surface area contributed by atoms with Gasteiger partial charge in [0.1, 0.15) is 10.4 Å². The van der Waals surface area contributed by atoms with Gasteiger partial charge >= 0.3 is 5.97 Å². The van der Waals surface area contributed by atoms with E-state index >= 15 is 0 Å². The van der Waals surface area contributed by atoms with Gasteiger partial charge in [0.05, 0.1) is 12.1 Å². The Morgan fingerprint density at radius 2 is 1.83 bits per heavy atom. The first-order valence-electron chi connectivity index (χ1n) is 7.69. The number of nitrogens with one attached hydrogen (secondary N) is 1. The normalized spacial score (nSPS) is 18.2. The quantitative estimate of drug-likeness (QED) is 0.662. The lowest BCUT2D eigenvalue weighted by Crippen LogP contribution is -2.54. The van der Waals surface area contributed by atoms with Crippen molar-refractivity contribution in [3.05, 3.63) is 28.8 Å². The minimum Gasteiger partial charge on any atom is -0.468 e. The first-order valence-corrected chi connectivity index (χ1v) is 9.55. The smallest absolute Gasteiger partial charge is 0.327 e. The van der Waals surface area contributed by atoms with Gasteiger partial charge in [0.25, 0.3) is 0 Å². The van der Waals surface area contributed by atoms with Crippen molar-refractivity contribution >= 4 is 27.6 Å². The number of esters is 1. The van der Waals surface area contributed by atoms with Gasteiger partial charge in [-0.2, -0.15) is 4.72 Å². The molecule has 0 heterocycles. The van der Waals surface area contributed by atoms with Crippen LogP contribution in [0.25, 0.3) is 0 Å². The Morgan fingerprint density at radius 3 is 2.35 bits per heavy atom. The van der Waals surface area contributed by atoms with Gasteiger partial charge in [0.15, 0.2) is 0 Å². The number of carbonyl (C=O) groups excluding carboxylic acids is 1. The lowest BCUT2D eigenvalue weighted by atomic mass is 9.92. The van der Waals surface area contributed by atoms with Crippen LogP contribution >= 0.6 is 11.6 Å². The second-order valence-corrected chi connectivity index (χ2v) is 8.09. The summed E-state index contributed by atoms with van der Waals surface area (Å²) < 4.78 is 33.0. The molecule has 1 aliphatic rings. The number of hydrogen-bond acceptors (Lipinski definition) is 4. The Hall–Kier alpha value is -1.11. The maximum Gasteiger partial charge on any atom is 0.327 e. The lowest BCUT2D eigenvalue weighted by Gasteiger charge is -2.30. The van der Waals surface area contributed by atoms with E-state index in [0.717, 1.165) is 31.2 Å². The zero-order chi connectivity index (χ0) is 17.1. The lowest BCUT2D eigenvalue weighted by molar-refractivity contribution is -0.148. The number of halogens is 1. The molecule has 128 valence electrons. The van der Waals surface area contributed by atoms with E-state index in [2.05, 4.69) is 4.72 Å². The highest BCUT2D eigenvalue weighted by Gasteiger charge is 2.43. The predicted octanol–water partition coefficient (Wildman–Crippen LogP) is 3.19. The number of hydrogen-bond donors (Lipinski definition) is 1. The van der Waals surface area contributed by atoms with Gasteiger partial charge < -0.3 is 4.74 Å². The van der Waals surface area contributed by atoms with Crippen LogP contribution in [0.3, 0.4) is 0 Å². The molecule has 0 spiro atoms. The molecule has 7 heteroatoms. The van der Waals surface area contributed by atoms with Gasteiger partial charge in [-0.25, -0.2) is 8.42 Å². The van der Waals surface area contributed by atoms with Gasteiger partial charge in [0, 0.05) is 0 Å². The Balaban J connectivity index is 2.39. The summed E-state index contributed by atoms with van der Waals surface area (Å²) >= 11 is 6.09. The number of rotatable bonds is 4. The fourth-order valence-corrected chi connectivity index (χ4v) is 5.03. The van der Waals surface area contributed by atoms with E-state index in [1.54, 1.807) is 12.1 Å². The molecule has 0 radical (unpaired) electrons. The van der Waals surface area contributed by atoms with Crippen molar-refractivity contribution in [1.82, 2.24) is 4.72 Å². The van der Waals surface area contributed by atoms with E-state index in [0.29, 0.717) is 12.8 Å². The molecule has 0 aromatic heterocycles. The molecule has 0 atom stereocenters. The van der Waals surface area contributed by atoms with Crippen molar-refractivity contribution in [3.8, 4) is 0 Å². The largest absolute Gasteiger partial charge is 0.468 e. The van der Waals surface area contributed by atoms with E-state index in [1.807, 2.05) is 6.92 Å². The van der Waals surface area contributed by atoms with E-state index in [4.69, 9.17) is 16.3 Å². The Bertz CT molecular complexity index is 679. The van der Waals surface area contributed by atoms with Crippen molar-refractivity contribution in [2.45, 2.75) is 55.9 Å². The Kier molecular flexibility index (Phi) is 5.70. The molecular weight excluding hydrogens is 338 g/mol. The minimum absolute atomic E-state index is 0.0164. The molecular formula is C16H22ClNO4S. The third-order valence-electron chi connectivity index (χ3n) is 4.24. The molecule has 2 rings (SSSR count). The van der Waals surface area contributed by atoms with Gasteiger partial charge in [-0.3, -0.25) is 4.79 Å². The van der Waals surface area contributed by atoms with E-state index in [1.165, 1.54) is 13.2 Å². The van der Waals surface area contributed by atoms with Crippen molar-refractivity contribution in [1.29, 1.82) is 0 Å². The van der Waals surface area contributed by atoms with Gasteiger partial charge in [-0.1, -0.05) is 43.4 Å². The fraction of sp³-hybridized carbons (Fsp3) is 0.562. The molecule has 1 fully saturated rings. The van der Waals surface area contributed by atoms with Gasteiger partial charge in [-0.15, -0.1) is 0 Å². The number of ether oxygens (including phenoxy) is 1. The topological polar surface area (TPSA) is 72.5 Å². The third kappa shape index (κ3) is 4.05. The second kappa shape index (κ2) is 7.20. The maximum absolute atomic E-state index is 12.8. The summed E-state index contributed by atoms with van der Waals surface area (Å²) in [6.45, 7) is 1.83. The van der Waals surface area contributed by atoms with Crippen molar-refractivity contribution in [3.63, 3.8) is 0 Å². The Labute approximate surface area is 142 Å². The highest BCUT2D eigenvalue weighted by Crippen LogP contribution is 2.31. The van der Waals surface area contributed by atoms with Crippen LogP contribution in [0.5, 0.6) is 0 Å². The van der Waals surface area contributed by atoms with Crippen LogP contribution in [-0.4, -0.2) is 27.0 Å². The molecule has 1 aromatic rings. The molecule has 0 amide bonds. The van der Waals surface area contributed by atoms with E-state index in [-0.39, 0.29) is 9.92 Å². The first kappa shape index (κ1) is 18.2. The molecule has 1 saturated carbocycles. The van der Waals surface area contributed by atoms with Crippen molar-refractivity contribution in [2.75, 3.05) is 7.11 Å². The Morgan fingerprint density at radius 1 is 1.22 bits per heavy atom. The number of sulfonamides is 1. The maximum atomic E-state index is 12.8. The van der Waals surface area contributed by atoms with Crippen molar-refractivity contribution in [2.24, 2.45) is 0 Å². The highest BCUT2D eigenvalue weighted by molar-refractivity contribution is 7.89. The zero-order valence-electron chi connectivity index (χ0n) is 13.4. The monoisotopic (exact) mass is 359 g/mol. The van der Waals surface area contributed by atoms with Crippen LogP contribution < -0.4 is 4.72 Å². The standard InChI is InChI=1S/C16H22ClNO4S/c1-12-7-8-14(13(17)11-12)23(20,21)18-16(15(19)22-2)9-5-3-4-6-10-16/h7-8,11,18H,3-6,9-10H2,1-2H3. The van der Waals surface area contributed by atoms with E-state index in [9.17, 15) is 13.2 Å². The summed E-state index contributed by atoms with van der Waals surface area (Å²) in [7, 11) is -2.64. The second-order valence-electron chi connectivity index (χ2n) is 6.03. The predicted molar refractivity (Wildman–Crippen MR) is 89.0 cm³/mol. The molecule has 5 nitrogen and oxygen atoms in total. The number of benzene rings is 1. The van der Waals surface area contributed by atoms with Crippen molar-refractivity contribution < 1.29 is 17.9 Å². The average molecular weight is 360 g/mol. The summed E-state index contributed by atoms with van der Waals surface area (Å²) in [6, 6.07) is 4.73. The summed E-state index contributed by atoms with van der Waals surface area (Å²) in [5.41, 5.74) is -0.343. The molecule has 0 aliphatic heterocycles. The molecule has 23 heavy (non-hydrogen) atoms. The molecule has 0 saturated heterocycles. The molecule has 1 aromatic carbocycles. The summed E-state index contributed by atoms with van der Waals surface area (Å²) in [5, 5.41) is 0.145. The molecule has 0 bridgehead atoms. The summed E-state index contributed by atoms with van der Waals surface area (Å²) in [4.78, 5) is 12.3. The van der Waals surface area contributed by atoms with Crippen LogP contribution in [0, 0.1) is 6.92 Å². The van der Waals surface area contributed by atoms with Crippen LogP contribution in [0.1, 0.15) is 44.1 Å². The van der Waals surface area contributed by atoms with Crippen LogP contribution in [-0.2, 0) is 19.6 Å². The number of methoxy groups -OCH3 is 1. The number of carbonyl (C=O) groups is 1. The van der Waals surface area contributed by atoms with Gasteiger partial charge in [0.2, 0.25) is 10.0 Å². The first-order chi connectivity index (χ1) is 10.8. The summed E-state index contributed by atoms with van der Waals surface area (Å²) in [6.07, 6.45) is 4.38. The van der Waals surface area contributed by atoms with Crippen LogP contribution in [0.4, 0.5) is 0 Å². The SMILES string of the molecule is COC(=O)C1(NS(=O)(=O)c2ccc(C)cc2Cl)CCCCCC1. The average Bonchev–Trinajstić information content (AvgIpc) is 2.72.